The maximum atomic E-state index is 12.2. The van der Waals surface area contributed by atoms with E-state index in [0.717, 1.165) is 37.7 Å². The third-order valence-electron chi connectivity index (χ3n) is 8.82. The van der Waals surface area contributed by atoms with Crippen LogP contribution < -0.4 is 0 Å². The van der Waals surface area contributed by atoms with E-state index in [0.29, 0.717) is 18.3 Å². The van der Waals surface area contributed by atoms with E-state index in [2.05, 4.69) is 6.92 Å². The standard InChI is InChI=1S/C21H30O5/c1-11(22)14-6-7-15-13-5-4-12-10-17(23)18(24)21(25,26)20(12,3)16(13)8-9-19(14,15)2/h10,13-16,18,24-26H,4-9H2,1-3H3/t13-,14-,15-,16-,18?,19+,20-/m0/s1. The molecule has 3 saturated carbocycles. The van der Waals surface area contributed by atoms with E-state index in [1.165, 1.54) is 6.08 Å². The Bertz CT molecular complexity index is 695. The van der Waals surface area contributed by atoms with Crippen molar-refractivity contribution in [3.05, 3.63) is 11.6 Å². The molecule has 5 heteroatoms. The first-order valence-electron chi connectivity index (χ1n) is 9.93. The fourth-order valence-corrected chi connectivity index (χ4v) is 7.36. The highest BCUT2D eigenvalue weighted by Gasteiger charge is 2.67. The van der Waals surface area contributed by atoms with Crippen molar-refractivity contribution >= 4 is 11.6 Å². The highest BCUT2D eigenvalue weighted by Crippen LogP contribution is 2.67. The summed E-state index contributed by atoms with van der Waals surface area (Å²) >= 11 is 0. The Morgan fingerprint density at radius 3 is 2.46 bits per heavy atom. The van der Waals surface area contributed by atoms with Gasteiger partial charge in [-0.2, -0.15) is 0 Å². The molecule has 1 unspecified atom stereocenters. The smallest absolute Gasteiger partial charge is 0.206 e. The number of aliphatic hydroxyl groups excluding tert-OH is 1. The summed E-state index contributed by atoms with van der Waals surface area (Å²) in [5.74, 6) is -2.00. The molecule has 0 amide bonds. The Morgan fingerprint density at radius 1 is 1.12 bits per heavy atom. The molecule has 5 nitrogen and oxygen atoms in total. The van der Waals surface area contributed by atoms with Crippen molar-refractivity contribution in [2.24, 2.45) is 34.5 Å². The minimum absolute atomic E-state index is 0.00373. The summed E-state index contributed by atoms with van der Waals surface area (Å²) in [6.45, 7) is 5.75. The van der Waals surface area contributed by atoms with Crippen molar-refractivity contribution in [2.75, 3.05) is 0 Å². The van der Waals surface area contributed by atoms with Gasteiger partial charge in [-0.15, -0.1) is 0 Å². The van der Waals surface area contributed by atoms with Gasteiger partial charge < -0.3 is 15.3 Å². The van der Waals surface area contributed by atoms with Gasteiger partial charge in [0.05, 0.1) is 0 Å². The molecule has 0 bridgehead atoms. The van der Waals surface area contributed by atoms with Crippen molar-refractivity contribution < 1.29 is 24.9 Å². The number of aliphatic hydroxyl groups is 3. The molecule has 26 heavy (non-hydrogen) atoms. The van der Waals surface area contributed by atoms with Gasteiger partial charge in [-0.25, -0.2) is 0 Å². The van der Waals surface area contributed by atoms with Crippen LogP contribution in [0.25, 0.3) is 0 Å². The van der Waals surface area contributed by atoms with Crippen molar-refractivity contribution in [1.82, 2.24) is 0 Å². The number of rotatable bonds is 1. The monoisotopic (exact) mass is 362 g/mol. The summed E-state index contributed by atoms with van der Waals surface area (Å²) in [6, 6.07) is 0. The predicted octanol–water partition coefficient (Wildman–Crippen LogP) is 1.99. The maximum absolute atomic E-state index is 12.2. The number of hydrogen-bond donors (Lipinski definition) is 3. The van der Waals surface area contributed by atoms with Gasteiger partial charge in [0.1, 0.15) is 5.78 Å². The van der Waals surface area contributed by atoms with Crippen molar-refractivity contribution in [2.45, 2.75) is 71.2 Å². The van der Waals surface area contributed by atoms with E-state index in [-0.39, 0.29) is 23.0 Å². The molecule has 144 valence electrons. The van der Waals surface area contributed by atoms with Crippen LogP contribution in [0.4, 0.5) is 0 Å². The fraction of sp³-hybridized carbons (Fsp3) is 0.810. The largest absolute Gasteiger partial charge is 0.379 e. The normalized spacial score (nSPS) is 49.7. The molecule has 0 aliphatic heterocycles. The van der Waals surface area contributed by atoms with E-state index in [1.54, 1.807) is 6.92 Å². The van der Waals surface area contributed by atoms with Crippen LogP contribution >= 0.6 is 0 Å². The van der Waals surface area contributed by atoms with Gasteiger partial charge in [-0.3, -0.25) is 9.59 Å². The van der Waals surface area contributed by atoms with E-state index in [1.807, 2.05) is 6.92 Å². The molecule has 4 aliphatic carbocycles. The van der Waals surface area contributed by atoms with E-state index < -0.39 is 23.1 Å². The first-order chi connectivity index (χ1) is 12.0. The third-order valence-corrected chi connectivity index (χ3v) is 8.82. The number of fused-ring (bicyclic) bond motifs is 5. The lowest BCUT2D eigenvalue weighted by molar-refractivity contribution is -0.299. The van der Waals surface area contributed by atoms with E-state index in [4.69, 9.17) is 0 Å². The zero-order valence-corrected chi connectivity index (χ0v) is 15.9. The van der Waals surface area contributed by atoms with Gasteiger partial charge in [0.25, 0.3) is 0 Å². The molecule has 0 aromatic carbocycles. The molecular formula is C21H30O5. The highest BCUT2D eigenvalue weighted by molar-refractivity contribution is 5.96. The molecule has 0 radical (unpaired) electrons. The van der Waals surface area contributed by atoms with Crippen LogP contribution in [0.1, 0.15) is 59.3 Å². The second-order valence-corrected chi connectivity index (χ2v) is 9.60. The Balaban J connectivity index is 1.75. The van der Waals surface area contributed by atoms with E-state index in [9.17, 15) is 24.9 Å². The molecule has 7 atom stereocenters. The molecule has 3 N–H and O–H groups in total. The molecule has 0 aromatic heterocycles. The van der Waals surface area contributed by atoms with Crippen LogP contribution in [0.3, 0.4) is 0 Å². The number of hydrogen-bond acceptors (Lipinski definition) is 5. The first-order valence-corrected chi connectivity index (χ1v) is 9.93. The van der Waals surface area contributed by atoms with Crippen molar-refractivity contribution in [3.8, 4) is 0 Å². The molecule has 0 aromatic rings. The Hall–Kier alpha value is -1.04. The minimum Gasteiger partial charge on any atom is -0.379 e. The second kappa shape index (κ2) is 5.49. The molecule has 0 saturated heterocycles. The molecular weight excluding hydrogens is 332 g/mol. The SMILES string of the molecule is CC(=O)[C@@H]1CC[C@H]2[C@@H]3CCC4=CC(=O)C(O)C(O)(O)[C@]4(C)[C@H]3CC[C@]12C. The zero-order chi connectivity index (χ0) is 19.1. The summed E-state index contributed by atoms with van der Waals surface area (Å²) in [4.78, 5) is 24.2. The van der Waals surface area contributed by atoms with Gasteiger partial charge >= 0.3 is 0 Å². The van der Waals surface area contributed by atoms with Gasteiger partial charge in [0.2, 0.25) is 5.79 Å². The van der Waals surface area contributed by atoms with Crippen LogP contribution in [0.15, 0.2) is 11.6 Å². The molecule has 4 rings (SSSR count). The summed E-state index contributed by atoms with van der Waals surface area (Å²) < 4.78 is 0. The minimum atomic E-state index is -2.44. The fourth-order valence-electron chi connectivity index (χ4n) is 7.36. The molecule has 0 spiro atoms. The van der Waals surface area contributed by atoms with Crippen molar-refractivity contribution in [3.63, 3.8) is 0 Å². The lowest BCUT2D eigenvalue weighted by atomic mass is 9.45. The maximum Gasteiger partial charge on any atom is 0.206 e. The summed E-state index contributed by atoms with van der Waals surface area (Å²) in [5, 5.41) is 31.9. The van der Waals surface area contributed by atoms with Gasteiger partial charge in [0.15, 0.2) is 11.9 Å². The van der Waals surface area contributed by atoms with Crippen LogP contribution in [0, 0.1) is 34.5 Å². The number of carbonyl (C=O) groups is 2. The highest BCUT2D eigenvalue weighted by atomic mass is 16.5. The lowest BCUT2D eigenvalue weighted by Crippen LogP contribution is -2.67. The predicted molar refractivity (Wildman–Crippen MR) is 94.8 cm³/mol. The van der Waals surface area contributed by atoms with Crippen LogP contribution in [-0.4, -0.2) is 38.8 Å². The van der Waals surface area contributed by atoms with Gasteiger partial charge in [-0.1, -0.05) is 19.4 Å². The first kappa shape index (κ1) is 18.3. The Morgan fingerprint density at radius 2 is 1.81 bits per heavy atom. The lowest BCUT2D eigenvalue weighted by Gasteiger charge is -2.61. The van der Waals surface area contributed by atoms with Gasteiger partial charge in [0, 0.05) is 11.3 Å². The van der Waals surface area contributed by atoms with E-state index >= 15 is 0 Å². The summed E-state index contributed by atoms with van der Waals surface area (Å²) in [5.41, 5.74) is -0.260. The van der Waals surface area contributed by atoms with Crippen molar-refractivity contribution in [1.29, 1.82) is 0 Å². The Kier molecular flexibility index (Phi) is 3.87. The van der Waals surface area contributed by atoms with Crippen LogP contribution in [-0.2, 0) is 9.59 Å². The van der Waals surface area contributed by atoms with Crippen LogP contribution in [0.2, 0.25) is 0 Å². The number of carbonyl (C=O) groups excluding carboxylic acids is 2. The second-order valence-electron chi connectivity index (χ2n) is 9.60. The Labute approximate surface area is 154 Å². The quantitative estimate of drug-likeness (QED) is 0.620. The molecule has 3 fully saturated rings. The number of ketones is 2. The zero-order valence-electron chi connectivity index (χ0n) is 15.9. The summed E-state index contributed by atoms with van der Waals surface area (Å²) in [7, 11) is 0. The van der Waals surface area contributed by atoms with Gasteiger partial charge in [-0.05, 0) is 74.7 Å². The molecule has 0 heterocycles. The average Bonchev–Trinajstić information content (AvgIpc) is 2.92. The van der Waals surface area contributed by atoms with Crippen LogP contribution in [0.5, 0.6) is 0 Å². The average molecular weight is 362 g/mol. The molecule has 4 aliphatic rings. The third kappa shape index (κ3) is 2.02. The number of Topliss-reactive ketones (excluding diaryl/α,β-unsaturated/α-hetero) is 1. The summed E-state index contributed by atoms with van der Waals surface area (Å²) in [6.07, 6.45) is 4.81. The topological polar surface area (TPSA) is 94.8 Å².